The number of carbonyl (C=O) groups is 2. The van der Waals surface area contributed by atoms with Crippen molar-refractivity contribution in [3.63, 3.8) is 0 Å². The van der Waals surface area contributed by atoms with E-state index in [2.05, 4.69) is 10.3 Å². The van der Waals surface area contributed by atoms with Crippen molar-refractivity contribution in [3.05, 3.63) is 58.3 Å². The van der Waals surface area contributed by atoms with Gasteiger partial charge in [-0.05, 0) is 24.3 Å². The quantitative estimate of drug-likeness (QED) is 0.342. The third-order valence-corrected chi connectivity index (χ3v) is 4.31. The van der Waals surface area contributed by atoms with Gasteiger partial charge in [-0.1, -0.05) is 41.4 Å². The van der Waals surface area contributed by atoms with Gasteiger partial charge in [0.15, 0.2) is 12.3 Å². The number of amides is 1. The molecule has 0 radical (unpaired) electrons. The first-order valence-corrected chi connectivity index (χ1v) is 8.74. The highest BCUT2D eigenvalue weighted by Crippen LogP contribution is 2.17. The maximum Gasteiger partial charge on any atom is 0.359 e. The lowest BCUT2D eigenvalue weighted by molar-refractivity contribution is -0.124. The topological polar surface area (TPSA) is 68.3 Å². The minimum Gasteiger partial charge on any atom is -0.451 e. The number of hydrogen-bond acceptors (Lipinski definition) is 5. The average Bonchev–Trinajstić information content (AvgIpc) is 2.59. The molecule has 0 aliphatic heterocycles. The van der Waals surface area contributed by atoms with Gasteiger partial charge in [0.1, 0.15) is 5.15 Å². The van der Waals surface area contributed by atoms with E-state index in [4.69, 9.17) is 27.9 Å². The molecular weight excluding hydrogens is 371 g/mol. The molecule has 1 aromatic carbocycles. The normalized spacial score (nSPS) is 10.2. The number of esters is 1. The average molecular weight is 385 g/mol. The van der Waals surface area contributed by atoms with Crippen molar-refractivity contribution in [3.8, 4) is 0 Å². The molecule has 1 aromatic heterocycles. The molecular formula is C16H14Cl2N2O3S. The smallest absolute Gasteiger partial charge is 0.359 e. The molecule has 1 N–H and O–H groups in total. The van der Waals surface area contributed by atoms with Crippen LogP contribution >= 0.6 is 35.0 Å². The van der Waals surface area contributed by atoms with Crippen LogP contribution in [0.25, 0.3) is 0 Å². The molecule has 0 spiro atoms. The molecule has 1 heterocycles. The second-order valence-corrected chi connectivity index (χ2v) is 6.51. The van der Waals surface area contributed by atoms with Crippen LogP contribution in [-0.4, -0.2) is 35.8 Å². The summed E-state index contributed by atoms with van der Waals surface area (Å²) in [6, 6.07) is 12.7. The van der Waals surface area contributed by atoms with E-state index in [1.165, 1.54) is 12.1 Å². The zero-order valence-corrected chi connectivity index (χ0v) is 14.8. The number of nitrogens with zero attached hydrogens (tertiary/aromatic N) is 1. The molecule has 126 valence electrons. The maximum atomic E-state index is 11.8. The molecule has 24 heavy (non-hydrogen) atoms. The molecule has 5 nitrogen and oxygen atoms in total. The van der Waals surface area contributed by atoms with Gasteiger partial charge < -0.3 is 10.1 Å². The summed E-state index contributed by atoms with van der Waals surface area (Å²) in [5, 5.41) is 2.90. The fourth-order valence-electron chi connectivity index (χ4n) is 1.69. The van der Waals surface area contributed by atoms with Crippen molar-refractivity contribution in [1.29, 1.82) is 0 Å². The van der Waals surface area contributed by atoms with Gasteiger partial charge in [0.2, 0.25) is 0 Å². The number of ether oxygens (including phenoxy) is 1. The Hall–Kier alpha value is -1.76. The van der Waals surface area contributed by atoms with E-state index in [1.54, 1.807) is 11.8 Å². The zero-order chi connectivity index (χ0) is 17.4. The van der Waals surface area contributed by atoms with E-state index >= 15 is 0 Å². The van der Waals surface area contributed by atoms with Crippen LogP contribution in [0.5, 0.6) is 0 Å². The lowest BCUT2D eigenvalue weighted by Gasteiger charge is -2.07. The minimum absolute atomic E-state index is 0.114. The largest absolute Gasteiger partial charge is 0.451 e. The third-order valence-electron chi connectivity index (χ3n) is 2.78. The standard InChI is InChI=1S/C16H14Cl2N2O3S/c17-12-6-7-13(18)20-15(12)16(22)23-10-14(21)19-8-9-24-11-4-2-1-3-5-11/h1-7H,8-10H2,(H,19,21). The summed E-state index contributed by atoms with van der Waals surface area (Å²) in [4.78, 5) is 28.4. The Bertz CT molecular complexity index is 714. The van der Waals surface area contributed by atoms with Crippen molar-refractivity contribution >= 4 is 46.8 Å². The Morgan fingerprint density at radius 1 is 1.12 bits per heavy atom. The molecule has 2 rings (SSSR count). The second kappa shape index (κ2) is 9.52. The first-order valence-electron chi connectivity index (χ1n) is 7.00. The molecule has 2 aromatic rings. The summed E-state index contributed by atoms with van der Waals surface area (Å²) in [6.07, 6.45) is 0. The predicted molar refractivity (Wildman–Crippen MR) is 94.7 cm³/mol. The summed E-state index contributed by atoms with van der Waals surface area (Å²) in [7, 11) is 0. The van der Waals surface area contributed by atoms with Gasteiger partial charge >= 0.3 is 5.97 Å². The van der Waals surface area contributed by atoms with Crippen LogP contribution in [0.2, 0.25) is 10.2 Å². The molecule has 8 heteroatoms. The second-order valence-electron chi connectivity index (χ2n) is 4.55. The van der Waals surface area contributed by atoms with E-state index in [9.17, 15) is 9.59 Å². The van der Waals surface area contributed by atoms with Gasteiger partial charge in [-0.3, -0.25) is 4.79 Å². The van der Waals surface area contributed by atoms with Gasteiger partial charge in [-0.15, -0.1) is 11.8 Å². The number of pyridine rings is 1. The number of carbonyl (C=O) groups excluding carboxylic acids is 2. The molecule has 0 aliphatic rings. The van der Waals surface area contributed by atoms with Crippen LogP contribution in [0.3, 0.4) is 0 Å². The van der Waals surface area contributed by atoms with Crippen LogP contribution in [0.1, 0.15) is 10.5 Å². The minimum atomic E-state index is -0.795. The Kier molecular flexibility index (Phi) is 7.36. The molecule has 1 amide bonds. The molecule has 0 fully saturated rings. The van der Waals surface area contributed by atoms with Crippen LogP contribution in [0, 0.1) is 0 Å². The highest BCUT2D eigenvalue weighted by molar-refractivity contribution is 7.99. The fourth-order valence-corrected chi connectivity index (χ4v) is 2.81. The van der Waals surface area contributed by atoms with Gasteiger partial charge in [0.25, 0.3) is 5.91 Å². The highest BCUT2D eigenvalue weighted by Gasteiger charge is 2.16. The van der Waals surface area contributed by atoms with Gasteiger partial charge in [-0.2, -0.15) is 0 Å². The number of rotatable bonds is 7. The first-order chi connectivity index (χ1) is 11.6. The summed E-state index contributed by atoms with van der Waals surface area (Å²) in [5.41, 5.74) is -0.114. The summed E-state index contributed by atoms with van der Waals surface area (Å²) >= 11 is 13.2. The number of nitrogens with one attached hydrogen (secondary N) is 1. The number of benzene rings is 1. The van der Waals surface area contributed by atoms with Crippen LogP contribution in [0.15, 0.2) is 47.4 Å². The number of aromatic nitrogens is 1. The van der Waals surface area contributed by atoms with Crippen LogP contribution in [-0.2, 0) is 9.53 Å². The number of thioether (sulfide) groups is 1. The summed E-state index contributed by atoms with van der Waals surface area (Å²) in [6.45, 7) is 0.0610. The van der Waals surface area contributed by atoms with Crippen molar-refractivity contribution < 1.29 is 14.3 Å². The van der Waals surface area contributed by atoms with E-state index in [0.717, 1.165) is 4.90 Å². The number of halogens is 2. The molecule has 0 saturated heterocycles. The lowest BCUT2D eigenvalue weighted by atomic mass is 10.3. The molecule has 0 saturated carbocycles. The lowest BCUT2D eigenvalue weighted by Crippen LogP contribution is -2.30. The van der Waals surface area contributed by atoms with Crippen molar-refractivity contribution in [2.45, 2.75) is 4.90 Å². The van der Waals surface area contributed by atoms with Crippen molar-refractivity contribution in [2.75, 3.05) is 18.9 Å². The first kappa shape index (κ1) is 18.6. The monoisotopic (exact) mass is 384 g/mol. The Balaban J connectivity index is 1.69. The van der Waals surface area contributed by atoms with E-state index < -0.39 is 18.5 Å². The Labute approximate surface area is 153 Å². The fraction of sp³-hybridized carbons (Fsp3) is 0.188. The van der Waals surface area contributed by atoms with E-state index in [0.29, 0.717) is 12.3 Å². The van der Waals surface area contributed by atoms with Gasteiger partial charge in [-0.25, -0.2) is 9.78 Å². The number of hydrogen-bond donors (Lipinski definition) is 1. The predicted octanol–water partition coefficient (Wildman–Crippen LogP) is 3.45. The van der Waals surface area contributed by atoms with E-state index in [-0.39, 0.29) is 15.9 Å². The van der Waals surface area contributed by atoms with Crippen LogP contribution < -0.4 is 5.32 Å². The third kappa shape index (κ3) is 6.03. The van der Waals surface area contributed by atoms with Crippen molar-refractivity contribution in [1.82, 2.24) is 10.3 Å². The zero-order valence-electron chi connectivity index (χ0n) is 12.5. The van der Waals surface area contributed by atoms with Gasteiger partial charge in [0, 0.05) is 17.2 Å². The van der Waals surface area contributed by atoms with Gasteiger partial charge in [0.05, 0.1) is 5.02 Å². The highest BCUT2D eigenvalue weighted by atomic mass is 35.5. The Morgan fingerprint density at radius 2 is 1.88 bits per heavy atom. The molecule has 0 atom stereocenters. The molecule has 0 unspecified atom stereocenters. The summed E-state index contributed by atoms with van der Waals surface area (Å²) < 4.78 is 4.88. The molecule has 0 aliphatic carbocycles. The Morgan fingerprint density at radius 3 is 2.62 bits per heavy atom. The van der Waals surface area contributed by atoms with Crippen LogP contribution in [0.4, 0.5) is 0 Å². The van der Waals surface area contributed by atoms with Crippen molar-refractivity contribution in [2.24, 2.45) is 0 Å². The SMILES string of the molecule is O=C(COC(=O)c1nc(Cl)ccc1Cl)NCCSc1ccccc1. The molecule has 0 bridgehead atoms. The van der Waals surface area contributed by atoms with E-state index in [1.807, 2.05) is 30.3 Å². The summed E-state index contributed by atoms with van der Waals surface area (Å²) in [5.74, 6) is -0.475. The maximum absolute atomic E-state index is 11.8.